The first-order chi connectivity index (χ1) is 14.0. The normalized spacial score (nSPS) is 11.4. The highest BCUT2D eigenvalue weighted by molar-refractivity contribution is 7.10. The SMILES string of the molecule is O=C(NN=Cc1ccc([N+](=O)[O-])o1)C(=Cc1cccs1)NC(=O)c1ccccc1. The molecule has 2 heterocycles. The number of hydrogen-bond acceptors (Lipinski definition) is 7. The molecule has 10 heteroatoms. The molecule has 2 amide bonds. The maximum Gasteiger partial charge on any atom is 0.433 e. The molecule has 0 fully saturated rings. The number of thiophene rings is 1. The number of carbonyl (C=O) groups is 2. The van der Waals surface area contributed by atoms with Crippen LogP contribution in [0.4, 0.5) is 5.88 Å². The van der Waals surface area contributed by atoms with Crippen LogP contribution in [0.5, 0.6) is 0 Å². The van der Waals surface area contributed by atoms with Crippen LogP contribution >= 0.6 is 11.3 Å². The molecular weight excluding hydrogens is 396 g/mol. The summed E-state index contributed by atoms with van der Waals surface area (Å²) in [6.07, 6.45) is 2.64. The van der Waals surface area contributed by atoms with Crippen molar-refractivity contribution in [2.45, 2.75) is 0 Å². The monoisotopic (exact) mass is 410 g/mol. The molecule has 0 radical (unpaired) electrons. The Morgan fingerprint density at radius 2 is 1.90 bits per heavy atom. The van der Waals surface area contributed by atoms with Crippen molar-refractivity contribution in [1.29, 1.82) is 0 Å². The van der Waals surface area contributed by atoms with Crippen molar-refractivity contribution in [3.05, 3.63) is 92.0 Å². The van der Waals surface area contributed by atoms with Crippen LogP contribution in [0.3, 0.4) is 0 Å². The molecule has 0 aliphatic rings. The zero-order valence-corrected chi connectivity index (χ0v) is 15.6. The highest BCUT2D eigenvalue weighted by atomic mass is 32.1. The maximum absolute atomic E-state index is 12.5. The summed E-state index contributed by atoms with van der Waals surface area (Å²) >= 11 is 1.39. The fourth-order valence-corrected chi connectivity index (χ4v) is 2.84. The molecular formula is C19H14N4O5S. The van der Waals surface area contributed by atoms with Crippen molar-refractivity contribution in [1.82, 2.24) is 10.7 Å². The summed E-state index contributed by atoms with van der Waals surface area (Å²) in [4.78, 5) is 35.6. The van der Waals surface area contributed by atoms with Crippen LogP contribution < -0.4 is 10.7 Å². The van der Waals surface area contributed by atoms with Crippen LogP contribution in [0.15, 0.2) is 75.2 Å². The summed E-state index contributed by atoms with van der Waals surface area (Å²) in [6.45, 7) is 0. The van der Waals surface area contributed by atoms with Gasteiger partial charge in [0.15, 0.2) is 5.76 Å². The van der Waals surface area contributed by atoms with E-state index in [0.29, 0.717) is 5.56 Å². The van der Waals surface area contributed by atoms with E-state index >= 15 is 0 Å². The van der Waals surface area contributed by atoms with Gasteiger partial charge in [-0.1, -0.05) is 24.3 Å². The standard InChI is InChI=1S/C19H14N4O5S/c24-18(13-5-2-1-3-6-13)21-16(11-15-7-4-10-29-15)19(25)22-20-12-14-8-9-17(28-14)23(26)27/h1-12H,(H,21,24)(H,22,25). The van der Waals surface area contributed by atoms with Gasteiger partial charge < -0.3 is 9.73 Å². The van der Waals surface area contributed by atoms with E-state index in [1.165, 1.54) is 29.5 Å². The van der Waals surface area contributed by atoms with Gasteiger partial charge in [-0.3, -0.25) is 19.7 Å². The Labute approximate surface area is 168 Å². The van der Waals surface area contributed by atoms with Crippen molar-refractivity contribution in [3.63, 3.8) is 0 Å². The van der Waals surface area contributed by atoms with E-state index in [1.807, 2.05) is 11.4 Å². The quantitative estimate of drug-likeness (QED) is 0.268. The van der Waals surface area contributed by atoms with Gasteiger partial charge in [-0.05, 0) is 35.7 Å². The smallest absolute Gasteiger partial charge is 0.400 e. The second-order valence-corrected chi connectivity index (χ2v) is 6.51. The summed E-state index contributed by atoms with van der Waals surface area (Å²) in [6, 6.07) is 14.6. The third kappa shape index (κ3) is 5.47. The van der Waals surface area contributed by atoms with Crippen LogP contribution in [-0.4, -0.2) is 23.0 Å². The molecule has 29 heavy (non-hydrogen) atoms. The van der Waals surface area contributed by atoms with E-state index in [2.05, 4.69) is 15.8 Å². The van der Waals surface area contributed by atoms with Gasteiger partial charge in [-0.2, -0.15) is 5.10 Å². The fourth-order valence-electron chi connectivity index (χ4n) is 2.18. The van der Waals surface area contributed by atoms with Crippen molar-refractivity contribution < 1.29 is 18.9 Å². The zero-order valence-electron chi connectivity index (χ0n) is 14.8. The van der Waals surface area contributed by atoms with Gasteiger partial charge in [0, 0.05) is 10.4 Å². The number of rotatable bonds is 7. The molecule has 0 aliphatic carbocycles. The van der Waals surface area contributed by atoms with E-state index < -0.39 is 22.6 Å². The van der Waals surface area contributed by atoms with Crippen molar-refractivity contribution >= 4 is 41.3 Å². The van der Waals surface area contributed by atoms with E-state index in [1.54, 1.807) is 36.4 Å². The predicted molar refractivity (Wildman–Crippen MR) is 107 cm³/mol. The lowest BCUT2D eigenvalue weighted by Crippen LogP contribution is -2.32. The van der Waals surface area contributed by atoms with Crippen molar-refractivity contribution in [3.8, 4) is 0 Å². The third-order valence-electron chi connectivity index (χ3n) is 3.51. The average Bonchev–Trinajstić information content (AvgIpc) is 3.40. The molecule has 1 aromatic carbocycles. The van der Waals surface area contributed by atoms with Crippen LogP contribution in [0.25, 0.3) is 6.08 Å². The van der Waals surface area contributed by atoms with Crippen LogP contribution in [-0.2, 0) is 4.79 Å². The third-order valence-corrected chi connectivity index (χ3v) is 4.33. The Hall–Kier alpha value is -4.05. The van der Waals surface area contributed by atoms with Crippen LogP contribution in [0.1, 0.15) is 21.0 Å². The minimum atomic E-state index is -0.684. The Balaban J connectivity index is 1.73. The van der Waals surface area contributed by atoms with Gasteiger partial charge in [0.1, 0.15) is 10.6 Å². The van der Waals surface area contributed by atoms with E-state index in [9.17, 15) is 19.7 Å². The second kappa shape index (κ2) is 9.24. The molecule has 2 N–H and O–H groups in total. The highest BCUT2D eigenvalue weighted by Gasteiger charge is 2.15. The van der Waals surface area contributed by atoms with Crippen molar-refractivity contribution in [2.24, 2.45) is 5.10 Å². The van der Waals surface area contributed by atoms with Gasteiger partial charge in [-0.15, -0.1) is 11.3 Å². The number of amides is 2. The number of carbonyl (C=O) groups excluding carboxylic acids is 2. The number of nitrogens with one attached hydrogen (secondary N) is 2. The molecule has 0 unspecified atom stereocenters. The molecule has 0 aliphatic heterocycles. The number of hydrogen-bond donors (Lipinski definition) is 2. The Kier molecular flexibility index (Phi) is 6.28. The topological polar surface area (TPSA) is 127 Å². The molecule has 3 aromatic rings. The minimum absolute atomic E-state index is 0.0103. The zero-order chi connectivity index (χ0) is 20.6. The van der Waals surface area contributed by atoms with Crippen LogP contribution in [0.2, 0.25) is 0 Å². The van der Waals surface area contributed by atoms with Gasteiger partial charge in [0.05, 0.1) is 12.3 Å². The first kappa shape index (κ1) is 19.7. The molecule has 0 saturated carbocycles. The summed E-state index contributed by atoms with van der Waals surface area (Å²) in [5, 5.41) is 18.7. The molecule has 9 nitrogen and oxygen atoms in total. The lowest BCUT2D eigenvalue weighted by atomic mass is 10.2. The average molecular weight is 410 g/mol. The Bertz CT molecular complexity index is 1070. The molecule has 146 valence electrons. The largest absolute Gasteiger partial charge is 0.433 e. The van der Waals surface area contributed by atoms with E-state index in [4.69, 9.17) is 4.42 Å². The molecule has 0 bridgehead atoms. The number of nitrogens with zero attached hydrogens (tertiary/aromatic N) is 2. The Morgan fingerprint density at radius 3 is 2.55 bits per heavy atom. The number of hydrazone groups is 1. The highest BCUT2D eigenvalue weighted by Crippen LogP contribution is 2.14. The number of furan rings is 1. The lowest BCUT2D eigenvalue weighted by Gasteiger charge is -2.08. The van der Waals surface area contributed by atoms with Gasteiger partial charge in [0.2, 0.25) is 0 Å². The first-order valence-corrected chi connectivity index (χ1v) is 9.10. The fraction of sp³-hybridized carbons (Fsp3) is 0. The molecule has 0 atom stereocenters. The summed E-state index contributed by atoms with van der Waals surface area (Å²) in [7, 11) is 0. The molecule has 3 rings (SSSR count). The number of benzene rings is 1. The molecule has 0 spiro atoms. The van der Waals surface area contributed by atoms with E-state index in [-0.39, 0.29) is 11.5 Å². The van der Waals surface area contributed by atoms with Crippen LogP contribution in [0, 0.1) is 10.1 Å². The summed E-state index contributed by atoms with van der Waals surface area (Å²) in [5.41, 5.74) is 2.64. The maximum atomic E-state index is 12.5. The van der Waals surface area contributed by atoms with E-state index in [0.717, 1.165) is 11.1 Å². The van der Waals surface area contributed by atoms with Gasteiger partial charge >= 0.3 is 5.88 Å². The van der Waals surface area contributed by atoms with Gasteiger partial charge in [0.25, 0.3) is 11.8 Å². The van der Waals surface area contributed by atoms with Gasteiger partial charge in [-0.25, -0.2) is 5.43 Å². The summed E-state index contributed by atoms with van der Waals surface area (Å²) in [5.74, 6) is -1.46. The Morgan fingerprint density at radius 1 is 1.10 bits per heavy atom. The first-order valence-electron chi connectivity index (χ1n) is 8.22. The molecule has 2 aromatic heterocycles. The van der Waals surface area contributed by atoms with Crippen molar-refractivity contribution in [2.75, 3.05) is 0 Å². The molecule has 0 saturated heterocycles. The summed E-state index contributed by atoms with van der Waals surface area (Å²) < 4.78 is 4.91. The minimum Gasteiger partial charge on any atom is -0.400 e. The predicted octanol–water partition coefficient (Wildman–Crippen LogP) is 3.17. The second-order valence-electron chi connectivity index (χ2n) is 5.53. The number of nitro groups is 1. The lowest BCUT2D eigenvalue weighted by molar-refractivity contribution is -0.402.